The third-order valence-corrected chi connectivity index (χ3v) is 7.43. The minimum absolute atomic E-state index is 0.0315. The summed E-state index contributed by atoms with van der Waals surface area (Å²) in [5.41, 5.74) is 3.73. The summed E-state index contributed by atoms with van der Waals surface area (Å²) in [7, 11) is -0.254. The van der Waals surface area contributed by atoms with Crippen LogP contribution in [0.25, 0.3) is 0 Å². The van der Waals surface area contributed by atoms with E-state index in [0.29, 0.717) is 44.9 Å². The van der Waals surface area contributed by atoms with Gasteiger partial charge in [0, 0.05) is 33.4 Å². The number of benzene rings is 6. The molecule has 6 nitrogen and oxygen atoms in total. The average molecular weight is 625 g/mol. The van der Waals surface area contributed by atoms with E-state index in [4.69, 9.17) is 14.2 Å². The van der Waals surface area contributed by atoms with E-state index in [-0.39, 0.29) is 32.1 Å². The zero-order valence-electron chi connectivity index (χ0n) is 24.6. The minimum Gasteiger partial charge on any atom is -0.508 e. The molecule has 7 heteroatoms. The lowest BCUT2D eigenvalue weighted by Gasteiger charge is -2.08. The maximum Gasteiger partial charge on any atom is 0.275 e. The van der Waals surface area contributed by atoms with E-state index in [1.807, 2.05) is 54.6 Å². The van der Waals surface area contributed by atoms with E-state index in [9.17, 15) is 14.4 Å². The van der Waals surface area contributed by atoms with Gasteiger partial charge in [0.05, 0.1) is 0 Å². The highest BCUT2D eigenvalue weighted by molar-refractivity contribution is 7.27. The topological polar surface area (TPSA) is 89.9 Å². The third kappa shape index (κ3) is 8.63. The van der Waals surface area contributed by atoms with E-state index >= 15 is 0 Å². The molecule has 6 rings (SSSR count). The zero-order chi connectivity index (χ0) is 32.1. The number of phenols is 1. The molecule has 0 fully saturated rings. The maximum atomic E-state index is 12.4. The van der Waals surface area contributed by atoms with Gasteiger partial charge < -0.3 is 14.2 Å². The van der Waals surface area contributed by atoms with Gasteiger partial charge in [-0.1, -0.05) is 91.0 Å². The van der Waals surface area contributed by atoms with Crippen molar-refractivity contribution in [3.05, 3.63) is 197 Å². The van der Waals surface area contributed by atoms with Crippen LogP contribution in [0.1, 0.15) is 47.8 Å². The summed E-state index contributed by atoms with van der Waals surface area (Å²) < 4.78 is 11.2. The molecule has 0 aliphatic heterocycles. The number of hydrogen-bond donors (Lipinski definition) is 1. The molecule has 0 amide bonds. The van der Waals surface area contributed by atoms with Crippen molar-refractivity contribution in [2.75, 3.05) is 0 Å². The number of ketones is 3. The van der Waals surface area contributed by atoms with Crippen molar-refractivity contribution in [3.8, 4) is 17.2 Å². The van der Waals surface area contributed by atoms with Crippen molar-refractivity contribution < 1.29 is 28.5 Å². The van der Waals surface area contributed by atoms with Crippen molar-refractivity contribution in [3.63, 3.8) is 0 Å². The highest BCUT2D eigenvalue weighted by Gasteiger charge is 2.10. The monoisotopic (exact) mass is 624 g/mol. The molecule has 6 aromatic rings. The molecular weight excluding hydrogens is 595 g/mol. The van der Waals surface area contributed by atoms with E-state index < -0.39 is 0 Å². The van der Waals surface area contributed by atoms with E-state index in [0.717, 1.165) is 0 Å². The SMILES string of the molecule is O=C(c1ccccc1)c1ccc(O)cc1.O=C(c1ccccc1)c1ccc(OPOc2ccc(C(=O)c3ccccc3)cc2)cc1. The molecule has 0 saturated heterocycles. The molecule has 0 aromatic heterocycles. The van der Waals surface area contributed by atoms with Crippen LogP contribution in [-0.2, 0) is 0 Å². The van der Waals surface area contributed by atoms with Crippen LogP contribution < -0.4 is 9.05 Å². The molecule has 226 valence electrons. The van der Waals surface area contributed by atoms with Gasteiger partial charge in [0.2, 0.25) is 0 Å². The number of carbonyl (C=O) groups excluding carboxylic acids is 3. The Morgan fingerprint density at radius 2 is 0.630 bits per heavy atom. The average Bonchev–Trinajstić information content (AvgIpc) is 3.13. The van der Waals surface area contributed by atoms with Gasteiger partial charge in [-0.25, -0.2) is 0 Å². The minimum atomic E-state index is -0.254. The molecule has 0 radical (unpaired) electrons. The molecule has 0 bridgehead atoms. The second-order valence-electron chi connectivity index (χ2n) is 9.97. The zero-order valence-corrected chi connectivity index (χ0v) is 25.6. The van der Waals surface area contributed by atoms with Gasteiger partial charge in [0.25, 0.3) is 9.03 Å². The summed E-state index contributed by atoms with van der Waals surface area (Å²) in [6.07, 6.45) is 0. The normalized spacial score (nSPS) is 10.2. The second-order valence-corrected chi connectivity index (χ2v) is 10.5. The number of phenolic OH excluding ortho intramolecular Hbond substituents is 1. The molecule has 6 aromatic carbocycles. The van der Waals surface area contributed by atoms with Gasteiger partial charge in [-0.3, -0.25) is 14.4 Å². The molecule has 0 saturated carbocycles. The number of rotatable bonds is 10. The van der Waals surface area contributed by atoms with Gasteiger partial charge in [0.15, 0.2) is 17.3 Å². The molecule has 0 atom stereocenters. The molecule has 0 aliphatic carbocycles. The fraction of sp³-hybridized carbons (Fsp3) is 0. The van der Waals surface area contributed by atoms with E-state index in [1.165, 1.54) is 12.1 Å². The van der Waals surface area contributed by atoms with Gasteiger partial charge in [-0.15, -0.1) is 0 Å². The Bertz CT molecular complexity index is 1780. The predicted octanol–water partition coefficient (Wildman–Crippen LogP) is 8.74. The van der Waals surface area contributed by atoms with Gasteiger partial charge in [0.1, 0.15) is 17.2 Å². The molecule has 46 heavy (non-hydrogen) atoms. The lowest BCUT2D eigenvalue weighted by molar-refractivity contribution is 0.103. The lowest BCUT2D eigenvalue weighted by atomic mass is 10.0. The second kappa shape index (κ2) is 15.8. The quantitative estimate of drug-likeness (QED) is 0.121. The van der Waals surface area contributed by atoms with E-state index in [2.05, 4.69) is 0 Å². The van der Waals surface area contributed by atoms with Crippen LogP contribution in [0.5, 0.6) is 17.2 Å². The van der Waals surface area contributed by atoms with Crippen molar-refractivity contribution >= 4 is 26.4 Å². The van der Waals surface area contributed by atoms with Crippen LogP contribution in [0.15, 0.2) is 164 Å². The third-order valence-electron chi connectivity index (χ3n) is 6.79. The highest BCUT2D eigenvalue weighted by atomic mass is 31.1. The first-order valence-electron chi connectivity index (χ1n) is 14.3. The number of aromatic hydroxyl groups is 1. The Morgan fingerprint density at radius 3 is 0.935 bits per heavy atom. The first-order valence-corrected chi connectivity index (χ1v) is 15.2. The number of carbonyl (C=O) groups is 3. The molecule has 0 aliphatic rings. The Kier molecular flexibility index (Phi) is 10.8. The van der Waals surface area contributed by atoms with Crippen molar-refractivity contribution in [2.24, 2.45) is 0 Å². The van der Waals surface area contributed by atoms with Crippen LogP contribution in [0.3, 0.4) is 0 Å². The molecule has 0 heterocycles. The summed E-state index contributed by atoms with van der Waals surface area (Å²) in [6.45, 7) is 0. The molecular formula is C39H29O6P. The van der Waals surface area contributed by atoms with Crippen molar-refractivity contribution in [2.45, 2.75) is 0 Å². The highest BCUT2D eigenvalue weighted by Crippen LogP contribution is 2.26. The fourth-order valence-electron chi connectivity index (χ4n) is 4.35. The van der Waals surface area contributed by atoms with Crippen molar-refractivity contribution in [1.82, 2.24) is 0 Å². The number of hydrogen-bond acceptors (Lipinski definition) is 6. The van der Waals surface area contributed by atoms with Crippen molar-refractivity contribution in [1.29, 1.82) is 0 Å². The summed E-state index contributed by atoms with van der Waals surface area (Å²) in [5.74, 6) is 1.29. The van der Waals surface area contributed by atoms with Gasteiger partial charge in [-0.05, 0) is 72.8 Å². The lowest BCUT2D eigenvalue weighted by Crippen LogP contribution is -2.00. The molecule has 0 unspecified atom stereocenters. The molecule has 0 spiro atoms. The Morgan fingerprint density at radius 1 is 0.370 bits per heavy atom. The van der Waals surface area contributed by atoms with Crippen LogP contribution >= 0.6 is 9.03 Å². The smallest absolute Gasteiger partial charge is 0.275 e. The Labute approximate surface area is 268 Å². The van der Waals surface area contributed by atoms with E-state index in [1.54, 1.807) is 97.1 Å². The standard InChI is InChI=1S/C26H19O4P.C13H10O2/c27-25(19-7-3-1-4-8-19)21-11-15-23(16-12-21)29-31-30-24-17-13-22(14-18-24)26(28)20-9-5-2-6-10-20;14-12-8-6-11(7-9-12)13(15)10-4-2-1-3-5-10/h1-18,31H;1-9,14H. The predicted molar refractivity (Wildman–Crippen MR) is 180 cm³/mol. The maximum absolute atomic E-state index is 12.4. The summed E-state index contributed by atoms with van der Waals surface area (Å²) in [4.78, 5) is 36.7. The summed E-state index contributed by atoms with van der Waals surface area (Å²) >= 11 is 0. The van der Waals surface area contributed by atoms with Crippen LogP contribution in [0.2, 0.25) is 0 Å². The molecule has 1 N–H and O–H groups in total. The first-order chi connectivity index (χ1) is 22.5. The fourth-order valence-corrected chi connectivity index (χ4v) is 4.85. The largest absolute Gasteiger partial charge is 0.508 e. The Balaban J connectivity index is 0.000000232. The van der Waals surface area contributed by atoms with Crippen LogP contribution in [0, 0.1) is 0 Å². The van der Waals surface area contributed by atoms with Gasteiger partial charge in [-0.2, -0.15) is 0 Å². The van der Waals surface area contributed by atoms with Crippen LogP contribution in [-0.4, -0.2) is 22.5 Å². The Hall–Kier alpha value is -5.84. The van der Waals surface area contributed by atoms with Crippen LogP contribution in [0.4, 0.5) is 0 Å². The van der Waals surface area contributed by atoms with Gasteiger partial charge >= 0.3 is 0 Å². The first kappa shape index (κ1) is 31.6. The summed E-state index contributed by atoms with van der Waals surface area (Å²) in [5, 5.41) is 9.10. The summed E-state index contributed by atoms with van der Waals surface area (Å²) in [6, 6.07) is 47.5.